The molecule has 0 unspecified atom stereocenters. The fraction of sp³-hybridized carbons (Fsp3) is 0.292. The zero-order valence-corrected chi connectivity index (χ0v) is 20.1. The second-order valence-electron chi connectivity index (χ2n) is 6.87. The molecule has 0 saturated carbocycles. The third-order valence-corrected chi connectivity index (χ3v) is 4.84. The lowest BCUT2D eigenvalue weighted by molar-refractivity contribution is -0.290. The van der Waals surface area contributed by atoms with Gasteiger partial charge in [0.25, 0.3) is 6.47 Å². The Morgan fingerprint density at radius 3 is 2.17 bits per heavy atom. The van der Waals surface area contributed by atoms with Crippen molar-refractivity contribution in [2.45, 2.75) is 39.8 Å². The SMILES string of the molecule is CC.CCOC=O.Cc1cn2c(ccc3c(-c4ccc(Cl)cc4)cc(C(F)(F)C(F)(F)F)nc32)n1. The number of halogens is 6. The Morgan fingerprint density at radius 1 is 1.03 bits per heavy atom. The monoisotopic (exact) mass is 515 g/mol. The normalized spacial score (nSPS) is 11.4. The topological polar surface area (TPSA) is 56.5 Å². The molecular weight excluding hydrogens is 493 g/mol. The van der Waals surface area contributed by atoms with Crippen molar-refractivity contribution in [1.82, 2.24) is 14.4 Å². The van der Waals surface area contributed by atoms with E-state index in [0.717, 1.165) is 6.07 Å². The van der Waals surface area contributed by atoms with E-state index in [1.807, 2.05) is 13.8 Å². The van der Waals surface area contributed by atoms with Crippen LogP contribution in [0.4, 0.5) is 22.0 Å². The predicted octanol–water partition coefficient (Wildman–Crippen LogP) is 7.37. The largest absolute Gasteiger partial charge is 0.468 e. The van der Waals surface area contributed by atoms with Crippen LogP contribution in [0.15, 0.2) is 48.7 Å². The number of hydrogen-bond acceptors (Lipinski definition) is 4. The minimum Gasteiger partial charge on any atom is -0.468 e. The van der Waals surface area contributed by atoms with Gasteiger partial charge in [-0.3, -0.25) is 9.20 Å². The summed E-state index contributed by atoms with van der Waals surface area (Å²) in [7, 11) is 0. The molecule has 0 fully saturated rings. The van der Waals surface area contributed by atoms with E-state index in [1.165, 1.54) is 22.7 Å². The third-order valence-electron chi connectivity index (χ3n) is 4.59. The highest BCUT2D eigenvalue weighted by molar-refractivity contribution is 6.30. The Hall–Kier alpha value is -3.27. The number of benzene rings is 1. The number of ether oxygens (including phenoxy) is 1. The molecule has 11 heteroatoms. The number of aryl methyl sites for hydroxylation is 1. The van der Waals surface area contributed by atoms with Crippen LogP contribution in [-0.4, -0.2) is 33.6 Å². The summed E-state index contributed by atoms with van der Waals surface area (Å²) < 4.78 is 72.8. The molecule has 0 spiro atoms. The summed E-state index contributed by atoms with van der Waals surface area (Å²) in [4.78, 5) is 17.1. The standard InChI is InChI=1S/C19H11ClF5N3.C3H6O2.C2H6/c1-10-9-28-16(26-10)7-6-13-14(11-2-4-12(20)5-3-11)8-15(27-17(13)28)18(21,22)19(23,24)25;1-2-5-3-4;1-2/h2-9H,1H3;3H,2H2,1H3;1-2H3. The third kappa shape index (κ3) is 6.05. The van der Waals surface area contributed by atoms with E-state index in [1.54, 1.807) is 38.1 Å². The summed E-state index contributed by atoms with van der Waals surface area (Å²) in [5.41, 5.74) is 0.184. The smallest absolute Gasteiger partial charge is 0.459 e. The van der Waals surface area contributed by atoms with E-state index >= 15 is 0 Å². The molecule has 4 aromatic rings. The fourth-order valence-electron chi connectivity index (χ4n) is 3.09. The van der Waals surface area contributed by atoms with Crippen LogP contribution in [0.3, 0.4) is 0 Å². The van der Waals surface area contributed by atoms with Crippen molar-refractivity contribution in [3.63, 3.8) is 0 Å². The van der Waals surface area contributed by atoms with Gasteiger partial charge in [-0.2, -0.15) is 22.0 Å². The summed E-state index contributed by atoms with van der Waals surface area (Å²) in [6.07, 6.45) is -4.24. The van der Waals surface area contributed by atoms with Crippen molar-refractivity contribution < 1.29 is 31.5 Å². The summed E-state index contributed by atoms with van der Waals surface area (Å²) >= 11 is 5.87. The Labute approximate surface area is 203 Å². The molecule has 0 aliphatic rings. The molecule has 0 aliphatic heterocycles. The summed E-state index contributed by atoms with van der Waals surface area (Å²) in [6, 6.07) is 10.2. The quantitative estimate of drug-likeness (QED) is 0.210. The number of aromatic nitrogens is 3. The molecular formula is C24H23ClF5N3O2. The van der Waals surface area contributed by atoms with Crippen molar-refractivity contribution in [2.75, 3.05) is 6.61 Å². The maximum absolute atomic E-state index is 14.1. The summed E-state index contributed by atoms with van der Waals surface area (Å²) in [5, 5.41) is 0.824. The number of carbonyl (C=O) groups is 1. The van der Waals surface area contributed by atoms with E-state index in [2.05, 4.69) is 14.7 Å². The first-order chi connectivity index (χ1) is 16.5. The van der Waals surface area contributed by atoms with Crippen molar-refractivity contribution in [2.24, 2.45) is 0 Å². The highest BCUT2D eigenvalue weighted by atomic mass is 35.5. The number of pyridine rings is 2. The molecule has 3 heterocycles. The Morgan fingerprint density at radius 2 is 1.66 bits per heavy atom. The van der Waals surface area contributed by atoms with Crippen LogP contribution in [0.25, 0.3) is 27.8 Å². The van der Waals surface area contributed by atoms with Gasteiger partial charge in [0.15, 0.2) is 0 Å². The average Bonchev–Trinajstić information content (AvgIpc) is 3.21. The van der Waals surface area contributed by atoms with Gasteiger partial charge in [0.05, 0.1) is 12.3 Å². The van der Waals surface area contributed by atoms with Crippen LogP contribution in [0.2, 0.25) is 5.02 Å². The first kappa shape index (κ1) is 28.0. The molecule has 1 aromatic carbocycles. The van der Waals surface area contributed by atoms with Crippen molar-refractivity contribution in [3.8, 4) is 11.1 Å². The van der Waals surface area contributed by atoms with Crippen molar-refractivity contribution in [3.05, 3.63) is 65.1 Å². The van der Waals surface area contributed by atoms with E-state index in [-0.39, 0.29) is 11.2 Å². The van der Waals surface area contributed by atoms with Gasteiger partial charge in [0.1, 0.15) is 17.0 Å². The molecule has 0 atom stereocenters. The lowest BCUT2D eigenvalue weighted by Crippen LogP contribution is -2.34. The Kier molecular flexibility index (Phi) is 9.14. The Bertz CT molecular complexity index is 1290. The van der Waals surface area contributed by atoms with Gasteiger partial charge in [-0.15, -0.1) is 0 Å². The van der Waals surface area contributed by atoms with E-state index in [4.69, 9.17) is 11.6 Å². The first-order valence-corrected chi connectivity index (χ1v) is 10.9. The van der Waals surface area contributed by atoms with Crippen LogP contribution < -0.4 is 0 Å². The van der Waals surface area contributed by atoms with Crippen LogP contribution in [0, 0.1) is 6.92 Å². The first-order valence-electron chi connectivity index (χ1n) is 10.5. The maximum Gasteiger partial charge on any atom is 0.459 e. The van der Waals surface area contributed by atoms with Gasteiger partial charge in [-0.1, -0.05) is 37.6 Å². The minimum absolute atomic E-state index is 0.0375. The second kappa shape index (κ2) is 11.4. The average molecular weight is 516 g/mol. The molecule has 0 radical (unpaired) electrons. The number of alkyl halides is 5. The molecule has 0 aliphatic carbocycles. The number of rotatable bonds is 4. The maximum atomic E-state index is 14.1. The van der Waals surface area contributed by atoms with E-state index in [0.29, 0.717) is 40.4 Å². The van der Waals surface area contributed by atoms with Crippen LogP contribution >= 0.6 is 11.6 Å². The number of nitrogens with zero attached hydrogens (tertiary/aromatic N) is 3. The molecule has 35 heavy (non-hydrogen) atoms. The lowest BCUT2D eigenvalue weighted by Gasteiger charge is -2.20. The van der Waals surface area contributed by atoms with Gasteiger partial charge >= 0.3 is 12.1 Å². The number of carbonyl (C=O) groups excluding carboxylic acids is 1. The predicted molar refractivity (Wildman–Crippen MR) is 125 cm³/mol. The van der Waals surface area contributed by atoms with E-state index in [9.17, 15) is 26.7 Å². The van der Waals surface area contributed by atoms with Gasteiger partial charge < -0.3 is 4.74 Å². The van der Waals surface area contributed by atoms with Crippen LogP contribution in [0.1, 0.15) is 32.2 Å². The molecule has 0 amide bonds. The number of hydrogen-bond donors (Lipinski definition) is 0. The fourth-order valence-corrected chi connectivity index (χ4v) is 3.22. The summed E-state index contributed by atoms with van der Waals surface area (Å²) in [6.45, 7) is 8.35. The lowest BCUT2D eigenvalue weighted by atomic mass is 10.00. The second-order valence-corrected chi connectivity index (χ2v) is 7.30. The Balaban J connectivity index is 0.000000551. The molecule has 188 valence electrons. The van der Waals surface area contributed by atoms with E-state index < -0.39 is 17.8 Å². The number of fused-ring (bicyclic) bond motifs is 3. The number of imidazole rings is 1. The van der Waals surface area contributed by atoms with Gasteiger partial charge in [-0.25, -0.2) is 9.97 Å². The van der Waals surface area contributed by atoms with Crippen molar-refractivity contribution >= 4 is 34.8 Å². The van der Waals surface area contributed by atoms with Gasteiger partial charge in [0, 0.05) is 16.6 Å². The highest BCUT2D eigenvalue weighted by Crippen LogP contribution is 2.45. The highest BCUT2D eigenvalue weighted by Gasteiger charge is 2.60. The minimum atomic E-state index is -5.77. The van der Waals surface area contributed by atoms with Crippen LogP contribution in [0.5, 0.6) is 0 Å². The zero-order valence-electron chi connectivity index (χ0n) is 19.3. The zero-order chi connectivity index (χ0) is 26.4. The summed E-state index contributed by atoms with van der Waals surface area (Å²) in [5.74, 6) is -5.11. The molecule has 3 aromatic heterocycles. The van der Waals surface area contributed by atoms with Crippen LogP contribution in [-0.2, 0) is 15.5 Å². The molecule has 0 bridgehead atoms. The molecule has 0 N–H and O–H groups in total. The molecule has 5 nitrogen and oxygen atoms in total. The van der Waals surface area contributed by atoms with Crippen molar-refractivity contribution in [1.29, 1.82) is 0 Å². The van der Waals surface area contributed by atoms with Gasteiger partial charge in [0.2, 0.25) is 0 Å². The van der Waals surface area contributed by atoms with Gasteiger partial charge in [-0.05, 0) is 55.3 Å². The molecule has 4 rings (SSSR count). The molecule has 0 saturated heterocycles.